The van der Waals surface area contributed by atoms with Gasteiger partial charge in [0.25, 0.3) is 5.91 Å². The quantitative estimate of drug-likeness (QED) is 0.398. The number of carbonyl (C=O) groups is 1. The van der Waals surface area contributed by atoms with Gasteiger partial charge in [0.2, 0.25) is 0 Å². The van der Waals surface area contributed by atoms with Gasteiger partial charge in [0.05, 0.1) is 0 Å². The third-order valence-corrected chi connectivity index (χ3v) is 5.13. The number of hydrogen-bond acceptors (Lipinski definition) is 2. The molecule has 1 amide bonds. The molecule has 0 spiro atoms. The molecule has 0 aliphatic rings. The van der Waals surface area contributed by atoms with Gasteiger partial charge in [-0.1, -0.05) is 48.0 Å². The maximum Gasteiger partial charge on any atom is 0.257 e. The standard InChI is InChI=1S/C22H18ClN3O2/c23-20-9-3-1-7-16(20)18(19-12-24-21-10-4-2-8-17(19)21)13-25-22(27)15-6-5-11-26(28)14-15/h1-12,14,18,24H,13H2,(H,25,27). The van der Waals surface area contributed by atoms with E-state index in [9.17, 15) is 10.0 Å². The first-order chi connectivity index (χ1) is 13.6. The van der Waals surface area contributed by atoms with E-state index in [0.717, 1.165) is 22.0 Å². The van der Waals surface area contributed by atoms with Crippen molar-refractivity contribution >= 4 is 28.4 Å². The molecule has 2 N–H and O–H groups in total. The Labute approximate surface area is 167 Å². The fourth-order valence-electron chi connectivity index (χ4n) is 3.41. The first kappa shape index (κ1) is 18.1. The number of amides is 1. The first-order valence-electron chi connectivity index (χ1n) is 8.91. The van der Waals surface area contributed by atoms with Gasteiger partial charge in [-0.3, -0.25) is 4.79 Å². The van der Waals surface area contributed by atoms with Crippen molar-refractivity contribution in [2.24, 2.45) is 0 Å². The molecule has 28 heavy (non-hydrogen) atoms. The number of aromatic nitrogens is 2. The molecule has 0 aliphatic carbocycles. The number of nitrogens with one attached hydrogen (secondary N) is 2. The Morgan fingerprint density at radius 2 is 1.86 bits per heavy atom. The average Bonchev–Trinajstić information content (AvgIpc) is 3.13. The number of fused-ring (bicyclic) bond motifs is 1. The molecule has 2 aromatic carbocycles. The van der Waals surface area contributed by atoms with Crippen LogP contribution in [-0.4, -0.2) is 17.4 Å². The van der Waals surface area contributed by atoms with E-state index >= 15 is 0 Å². The van der Waals surface area contributed by atoms with Crippen LogP contribution in [0.1, 0.15) is 27.4 Å². The molecule has 2 heterocycles. The maximum atomic E-state index is 12.5. The van der Waals surface area contributed by atoms with Crippen LogP contribution in [0.5, 0.6) is 0 Å². The molecular formula is C22H18ClN3O2. The number of halogens is 1. The summed E-state index contributed by atoms with van der Waals surface area (Å²) in [4.78, 5) is 15.8. The maximum absolute atomic E-state index is 12.5. The third-order valence-electron chi connectivity index (χ3n) is 4.78. The van der Waals surface area contributed by atoms with Crippen LogP contribution >= 0.6 is 11.6 Å². The number of aromatic amines is 1. The van der Waals surface area contributed by atoms with E-state index in [4.69, 9.17) is 11.6 Å². The number of para-hydroxylation sites is 1. The third kappa shape index (κ3) is 3.57. The smallest absolute Gasteiger partial charge is 0.257 e. The van der Waals surface area contributed by atoms with Crippen LogP contribution in [0.15, 0.2) is 79.3 Å². The Morgan fingerprint density at radius 1 is 1.07 bits per heavy atom. The molecule has 0 fully saturated rings. The summed E-state index contributed by atoms with van der Waals surface area (Å²) >= 11 is 6.47. The van der Waals surface area contributed by atoms with Gasteiger partial charge in [0.1, 0.15) is 5.56 Å². The van der Waals surface area contributed by atoms with Crippen molar-refractivity contribution in [3.05, 3.63) is 106 Å². The lowest BCUT2D eigenvalue weighted by atomic mass is 9.90. The zero-order valence-electron chi connectivity index (χ0n) is 14.9. The van der Waals surface area contributed by atoms with Crippen LogP contribution < -0.4 is 10.0 Å². The molecular weight excluding hydrogens is 374 g/mol. The molecule has 6 heteroatoms. The topological polar surface area (TPSA) is 71.8 Å². The van der Waals surface area contributed by atoms with Crippen molar-refractivity contribution in [2.75, 3.05) is 6.54 Å². The van der Waals surface area contributed by atoms with E-state index < -0.39 is 0 Å². The van der Waals surface area contributed by atoms with Gasteiger partial charge in [-0.15, -0.1) is 0 Å². The largest absolute Gasteiger partial charge is 0.619 e. The minimum atomic E-state index is -0.304. The Bertz CT molecular complexity index is 1140. The number of hydrogen-bond donors (Lipinski definition) is 2. The number of nitrogens with zero attached hydrogens (tertiary/aromatic N) is 1. The Hall–Kier alpha value is -3.31. The molecule has 0 aliphatic heterocycles. The molecule has 0 bridgehead atoms. The predicted molar refractivity (Wildman–Crippen MR) is 109 cm³/mol. The van der Waals surface area contributed by atoms with E-state index in [0.29, 0.717) is 21.9 Å². The van der Waals surface area contributed by atoms with Gasteiger partial charge in [0.15, 0.2) is 12.4 Å². The second kappa shape index (κ2) is 7.74. The van der Waals surface area contributed by atoms with Crippen molar-refractivity contribution in [3.8, 4) is 0 Å². The summed E-state index contributed by atoms with van der Waals surface area (Å²) < 4.78 is 0.611. The normalized spacial score (nSPS) is 12.0. The molecule has 4 aromatic rings. The monoisotopic (exact) mass is 391 g/mol. The molecule has 5 nitrogen and oxygen atoms in total. The van der Waals surface area contributed by atoms with Crippen molar-refractivity contribution < 1.29 is 9.52 Å². The number of H-pyrrole nitrogens is 1. The number of benzene rings is 2. The minimum absolute atomic E-state index is 0.142. The number of carbonyl (C=O) groups excluding carboxylic acids is 1. The number of rotatable bonds is 5. The Balaban J connectivity index is 1.68. The summed E-state index contributed by atoms with van der Waals surface area (Å²) in [5, 5.41) is 16.1. The highest BCUT2D eigenvalue weighted by Gasteiger charge is 2.21. The van der Waals surface area contributed by atoms with Gasteiger partial charge in [0, 0.05) is 40.7 Å². The molecule has 2 aromatic heterocycles. The molecule has 0 saturated heterocycles. The van der Waals surface area contributed by atoms with Crippen LogP contribution in [0.25, 0.3) is 10.9 Å². The fraction of sp³-hybridized carbons (Fsp3) is 0.0909. The molecule has 1 atom stereocenters. The Morgan fingerprint density at radius 3 is 2.68 bits per heavy atom. The summed E-state index contributed by atoms with van der Waals surface area (Å²) in [5.74, 6) is -0.445. The van der Waals surface area contributed by atoms with Gasteiger partial charge in [-0.25, -0.2) is 0 Å². The highest BCUT2D eigenvalue weighted by molar-refractivity contribution is 6.31. The van der Waals surface area contributed by atoms with Gasteiger partial charge < -0.3 is 15.5 Å². The lowest BCUT2D eigenvalue weighted by Gasteiger charge is -2.19. The minimum Gasteiger partial charge on any atom is -0.619 e. The second-order valence-electron chi connectivity index (χ2n) is 6.53. The number of pyridine rings is 1. The highest BCUT2D eigenvalue weighted by atomic mass is 35.5. The van der Waals surface area contributed by atoms with Crippen LogP contribution in [0.3, 0.4) is 0 Å². The van der Waals surface area contributed by atoms with Crippen LogP contribution in [0, 0.1) is 5.21 Å². The summed E-state index contributed by atoms with van der Waals surface area (Å²) in [6.07, 6.45) is 4.56. The van der Waals surface area contributed by atoms with E-state index in [1.165, 1.54) is 12.4 Å². The first-order valence-corrected chi connectivity index (χ1v) is 9.29. The van der Waals surface area contributed by atoms with Gasteiger partial charge in [-0.2, -0.15) is 4.73 Å². The van der Waals surface area contributed by atoms with Crippen molar-refractivity contribution in [1.82, 2.24) is 10.3 Å². The van der Waals surface area contributed by atoms with Gasteiger partial charge >= 0.3 is 0 Å². The SMILES string of the molecule is O=C(NCC(c1ccccc1Cl)c1c[nH]c2ccccc12)c1ccc[n+]([O-])c1. The molecule has 0 radical (unpaired) electrons. The van der Waals surface area contributed by atoms with Crippen molar-refractivity contribution in [2.45, 2.75) is 5.92 Å². The zero-order valence-corrected chi connectivity index (χ0v) is 15.7. The summed E-state index contributed by atoms with van der Waals surface area (Å²) in [7, 11) is 0. The summed E-state index contributed by atoms with van der Waals surface area (Å²) in [6, 6.07) is 18.8. The van der Waals surface area contributed by atoms with Crippen LogP contribution in [0.4, 0.5) is 0 Å². The second-order valence-corrected chi connectivity index (χ2v) is 6.93. The van der Waals surface area contributed by atoms with Gasteiger partial charge in [-0.05, 0) is 29.3 Å². The zero-order chi connectivity index (χ0) is 19.5. The lowest BCUT2D eigenvalue weighted by molar-refractivity contribution is -0.605. The lowest BCUT2D eigenvalue weighted by Crippen LogP contribution is -2.32. The molecule has 4 rings (SSSR count). The fourth-order valence-corrected chi connectivity index (χ4v) is 3.68. The molecule has 0 saturated carbocycles. The molecule has 1 unspecified atom stereocenters. The summed E-state index contributed by atoms with van der Waals surface area (Å²) in [6.45, 7) is 0.345. The van der Waals surface area contributed by atoms with Crippen LogP contribution in [0.2, 0.25) is 5.02 Å². The Kier molecular flexibility index (Phi) is 5.00. The average molecular weight is 392 g/mol. The van der Waals surface area contributed by atoms with Crippen molar-refractivity contribution in [3.63, 3.8) is 0 Å². The van der Waals surface area contributed by atoms with Crippen molar-refractivity contribution in [1.29, 1.82) is 0 Å². The van der Waals surface area contributed by atoms with E-state index in [1.54, 1.807) is 12.1 Å². The van der Waals surface area contributed by atoms with E-state index in [1.807, 2.05) is 54.7 Å². The summed E-state index contributed by atoms with van der Waals surface area (Å²) in [5.41, 5.74) is 3.32. The molecule has 140 valence electrons. The highest BCUT2D eigenvalue weighted by Crippen LogP contribution is 2.34. The van der Waals surface area contributed by atoms with E-state index in [-0.39, 0.29) is 11.8 Å². The van der Waals surface area contributed by atoms with E-state index in [2.05, 4.69) is 10.3 Å². The van der Waals surface area contributed by atoms with Crippen LogP contribution in [-0.2, 0) is 0 Å². The predicted octanol–water partition coefficient (Wildman–Crippen LogP) is 4.02.